The number of sulfonamides is 1. The molecule has 10 heteroatoms. The largest absolute Gasteiger partial charge is 0.321 e. The first-order chi connectivity index (χ1) is 13.2. The number of anilines is 2. The van der Waals surface area contributed by atoms with Gasteiger partial charge in [0, 0.05) is 18.7 Å². The molecule has 28 heavy (non-hydrogen) atoms. The normalized spacial score (nSPS) is 11.1. The fourth-order valence-corrected chi connectivity index (χ4v) is 2.97. The molecule has 144 valence electrons. The first-order valence-electron chi connectivity index (χ1n) is 8.11. The number of carbonyl (C=O) groups excluding carboxylic acids is 2. The minimum atomic E-state index is -3.81. The summed E-state index contributed by atoms with van der Waals surface area (Å²) in [7, 11) is -3.81. The molecule has 0 saturated carbocycles. The quantitative estimate of drug-likeness (QED) is 0.600. The SMILES string of the molecule is CC(=O)Nc1cc(C(=O)Nc2ccc(S(N)(=O)=O)cc2)nn1-c1ccccc1. The molecule has 0 saturated heterocycles. The second kappa shape index (κ2) is 7.62. The molecular formula is C18H17N5O4S. The first kappa shape index (κ1) is 19.3. The van der Waals surface area contributed by atoms with Gasteiger partial charge in [-0.1, -0.05) is 18.2 Å². The van der Waals surface area contributed by atoms with Gasteiger partial charge < -0.3 is 10.6 Å². The first-order valence-corrected chi connectivity index (χ1v) is 9.66. The number of hydrogen-bond donors (Lipinski definition) is 3. The Kier molecular flexibility index (Phi) is 5.25. The van der Waals surface area contributed by atoms with Crippen LogP contribution in [0.5, 0.6) is 0 Å². The van der Waals surface area contributed by atoms with E-state index >= 15 is 0 Å². The van der Waals surface area contributed by atoms with Crippen LogP contribution in [0.4, 0.5) is 11.5 Å². The van der Waals surface area contributed by atoms with Gasteiger partial charge in [0.2, 0.25) is 15.9 Å². The minimum Gasteiger partial charge on any atom is -0.321 e. The molecule has 3 aromatic rings. The van der Waals surface area contributed by atoms with E-state index in [2.05, 4.69) is 15.7 Å². The number of benzene rings is 2. The Hall–Kier alpha value is -3.50. The summed E-state index contributed by atoms with van der Waals surface area (Å²) in [5.41, 5.74) is 1.11. The zero-order valence-corrected chi connectivity index (χ0v) is 15.6. The third-order valence-corrected chi connectivity index (χ3v) is 4.62. The molecule has 0 radical (unpaired) electrons. The van der Waals surface area contributed by atoms with Gasteiger partial charge in [-0.3, -0.25) is 9.59 Å². The lowest BCUT2D eigenvalue weighted by Gasteiger charge is -2.06. The molecule has 0 spiro atoms. The Labute approximate surface area is 161 Å². The highest BCUT2D eigenvalue weighted by Crippen LogP contribution is 2.19. The maximum Gasteiger partial charge on any atom is 0.276 e. The van der Waals surface area contributed by atoms with Crippen molar-refractivity contribution in [2.75, 3.05) is 10.6 Å². The standard InChI is InChI=1S/C18H17N5O4S/c1-12(24)20-17-11-16(22-23(17)14-5-3-2-4-6-14)18(25)21-13-7-9-15(10-8-13)28(19,26)27/h2-11H,1H3,(H,20,24)(H,21,25)(H2,19,26,27). The van der Waals surface area contributed by atoms with Crippen LogP contribution < -0.4 is 15.8 Å². The Bertz CT molecular complexity index is 1120. The molecule has 0 unspecified atom stereocenters. The molecule has 3 rings (SSSR count). The highest BCUT2D eigenvalue weighted by atomic mass is 32.2. The molecule has 0 bridgehead atoms. The van der Waals surface area contributed by atoms with Gasteiger partial charge in [-0.05, 0) is 36.4 Å². The molecule has 0 aliphatic heterocycles. The van der Waals surface area contributed by atoms with Crippen LogP contribution in [-0.2, 0) is 14.8 Å². The average Bonchev–Trinajstić information content (AvgIpc) is 3.05. The van der Waals surface area contributed by atoms with Crippen LogP contribution in [0.3, 0.4) is 0 Å². The molecule has 0 aliphatic carbocycles. The smallest absolute Gasteiger partial charge is 0.276 e. The minimum absolute atomic E-state index is 0.0631. The predicted octanol–water partition coefficient (Wildman–Crippen LogP) is 1.73. The van der Waals surface area contributed by atoms with Crippen molar-refractivity contribution in [2.45, 2.75) is 11.8 Å². The monoisotopic (exact) mass is 399 g/mol. The average molecular weight is 399 g/mol. The van der Waals surface area contributed by atoms with Crippen molar-refractivity contribution < 1.29 is 18.0 Å². The summed E-state index contributed by atoms with van der Waals surface area (Å²) < 4.78 is 24.0. The van der Waals surface area contributed by atoms with Gasteiger partial charge in [-0.15, -0.1) is 0 Å². The van der Waals surface area contributed by atoms with Crippen molar-refractivity contribution in [1.29, 1.82) is 0 Å². The number of nitrogens with one attached hydrogen (secondary N) is 2. The van der Waals surface area contributed by atoms with E-state index in [-0.39, 0.29) is 16.5 Å². The number of para-hydroxylation sites is 1. The molecule has 0 fully saturated rings. The molecule has 2 aromatic carbocycles. The third kappa shape index (κ3) is 4.42. The summed E-state index contributed by atoms with van der Waals surface area (Å²) in [6, 6.07) is 15.9. The number of rotatable bonds is 5. The molecule has 4 N–H and O–H groups in total. The van der Waals surface area contributed by atoms with Crippen LogP contribution >= 0.6 is 0 Å². The Morgan fingerprint density at radius 3 is 2.21 bits per heavy atom. The van der Waals surface area contributed by atoms with Crippen LogP contribution in [0.15, 0.2) is 65.6 Å². The van der Waals surface area contributed by atoms with Crippen molar-refractivity contribution in [3.05, 3.63) is 66.4 Å². The lowest BCUT2D eigenvalue weighted by Crippen LogP contribution is -2.14. The number of hydrogen-bond acceptors (Lipinski definition) is 5. The number of nitrogens with two attached hydrogens (primary N) is 1. The summed E-state index contributed by atoms with van der Waals surface area (Å²) in [6.07, 6.45) is 0. The van der Waals surface area contributed by atoms with Gasteiger partial charge in [-0.2, -0.15) is 5.10 Å². The number of amides is 2. The van der Waals surface area contributed by atoms with Crippen molar-refractivity contribution in [3.8, 4) is 5.69 Å². The van der Waals surface area contributed by atoms with E-state index in [1.165, 1.54) is 41.9 Å². The Morgan fingerprint density at radius 2 is 1.64 bits per heavy atom. The van der Waals surface area contributed by atoms with Crippen LogP contribution in [0.1, 0.15) is 17.4 Å². The van der Waals surface area contributed by atoms with Gasteiger partial charge in [-0.25, -0.2) is 18.2 Å². The summed E-state index contributed by atoms with van der Waals surface area (Å²) in [5, 5.41) is 14.6. The maximum atomic E-state index is 12.5. The van der Waals surface area contributed by atoms with Crippen molar-refractivity contribution >= 4 is 33.3 Å². The molecule has 0 aliphatic rings. The molecule has 0 atom stereocenters. The van der Waals surface area contributed by atoms with Gasteiger partial charge in [0.1, 0.15) is 5.82 Å². The van der Waals surface area contributed by atoms with E-state index in [9.17, 15) is 18.0 Å². The molecule has 1 aromatic heterocycles. The number of nitrogens with zero attached hydrogens (tertiary/aromatic N) is 2. The Morgan fingerprint density at radius 1 is 1.00 bits per heavy atom. The zero-order chi connectivity index (χ0) is 20.3. The van der Waals surface area contributed by atoms with Crippen LogP contribution in [-0.4, -0.2) is 30.0 Å². The van der Waals surface area contributed by atoms with E-state index in [0.717, 1.165) is 0 Å². The number of primary sulfonamides is 1. The van der Waals surface area contributed by atoms with Crippen molar-refractivity contribution in [1.82, 2.24) is 9.78 Å². The molecular weight excluding hydrogens is 382 g/mol. The topological polar surface area (TPSA) is 136 Å². The van der Waals surface area contributed by atoms with Crippen LogP contribution in [0.25, 0.3) is 5.69 Å². The second-order valence-corrected chi connectivity index (χ2v) is 7.43. The number of aromatic nitrogens is 2. The summed E-state index contributed by atoms with van der Waals surface area (Å²) in [5.74, 6) is -0.485. The predicted molar refractivity (Wildman–Crippen MR) is 104 cm³/mol. The van der Waals surface area contributed by atoms with E-state index in [1.807, 2.05) is 6.07 Å². The van der Waals surface area contributed by atoms with E-state index in [1.54, 1.807) is 24.3 Å². The molecule has 2 amide bonds. The number of carbonyl (C=O) groups is 2. The van der Waals surface area contributed by atoms with E-state index < -0.39 is 15.9 Å². The fourth-order valence-electron chi connectivity index (χ4n) is 2.45. The molecule has 1 heterocycles. The Balaban J connectivity index is 1.87. The zero-order valence-electron chi connectivity index (χ0n) is 14.8. The van der Waals surface area contributed by atoms with Gasteiger partial charge in [0.05, 0.1) is 10.6 Å². The fraction of sp³-hybridized carbons (Fsp3) is 0.0556. The third-order valence-electron chi connectivity index (χ3n) is 3.69. The maximum absolute atomic E-state index is 12.5. The lowest BCUT2D eigenvalue weighted by molar-refractivity contribution is -0.114. The van der Waals surface area contributed by atoms with Gasteiger partial charge in [0.25, 0.3) is 5.91 Å². The summed E-state index contributed by atoms with van der Waals surface area (Å²) >= 11 is 0. The van der Waals surface area contributed by atoms with Gasteiger partial charge >= 0.3 is 0 Å². The lowest BCUT2D eigenvalue weighted by atomic mass is 10.3. The van der Waals surface area contributed by atoms with Gasteiger partial charge in [0.15, 0.2) is 5.69 Å². The highest BCUT2D eigenvalue weighted by Gasteiger charge is 2.17. The second-order valence-electron chi connectivity index (χ2n) is 5.87. The van der Waals surface area contributed by atoms with Crippen molar-refractivity contribution in [2.24, 2.45) is 5.14 Å². The summed E-state index contributed by atoms with van der Waals surface area (Å²) in [6.45, 7) is 1.36. The van der Waals surface area contributed by atoms with E-state index in [0.29, 0.717) is 17.2 Å². The van der Waals surface area contributed by atoms with Crippen LogP contribution in [0.2, 0.25) is 0 Å². The highest BCUT2D eigenvalue weighted by molar-refractivity contribution is 7.89. The van der Waals surface area contributed by atoms with Crippen molar-refractivity contribution in [3.63, 3.8) is 0 Å². The van der Waals surface area contributed by atoms with E-state index in [4.69, 9.17) is 5.14 Å². The van der Waals surface area contributed by atoms with Crippen LogP contribution in [0, 0.1) is 0 Å². The summed E-state index contributed by atoms with van der Waals surface area (Å²) in [4.78, 5) is 23.9. The molecule has 9 nitrogen and oxygen atoms in total.